The second-order valence-corrected chi connectivity index (χ2v) is 1.72. The molecule has 0 saturated carbocycles. The second-order valence-electron chi connectivity index (χ2n) is 1.72. The maximum Gasteiger partial charge on any atom is 0.106 e. The fourth-order valence-electron chi connectivity index (χ4n) is 0.497. The van der Waals surface area contributed by atoms with Crippen LogP contribution in [0.4, 0.5) is 0 Å². The average Bonchev–Trinajstić information content (AvgIpc) is 1.97. The van der Waals surface area contributed by atoms with E-state index in [2.05, 4.69) is 28.8 Å². The third-order valence-electron chi connectivity index (χ3n) is 0.940. The Balaban J connectivity index is 3.02. The monoisotopic (exact) mass is 138 g/mol. The van der Waals surface area contributed by atoms with Gasteiger partial charge < -0.3 is 4.84 Å². The maximum atomic E-state index is 4.47. The summed E-state index contributed by atoms with van der Waals surface area (Å²) >= 11 is 0. The van der Waals surface area contributed by atoms with E-state index in [1.165, 1.54) is 7.11 Å². The van der Waals surface area contributed by atoms with Crippen LogP contribution in [0, 0.1) is 18.8 Å². The van der Waals surface area contributed by atoms with Crippen molar-refractivity contribution in [3.8, 4) is 11.8 Å². The molecule has 0 bridgehead atoms. The molecule has 0 aliphatic carbocycles. The molecule has 0 saturated heterocycles. The molecule has 0 aromatic heterocycles. The van der Waals surface area contributed by atoms with Gasteiger partial charge in [0.15, 0.2) is 0 Å². The Hall–Kier alpha value is -0.970. The average molecular weight is 138 g/mol. The number of unbranched alkanes of at least 4 members (excludes halogenated alkanes) is 2. The van der Waals surface area contributed by atoms with E-state index in [1.807, 2.05) is 0 Å². The van der Waals surface area contributed by atoms with Gasteiger partial charge in [-0.25, -0.2) is 0 Å². The van der Waals surface area contributed by atoms with E-state index in [4.69, 9.17) is 0 Å². The maximum absolute atomic E-state index is 4.47. The molecule has 0 atom stereocenters. The van der Waals surface area contributed by atoms with Gasteiger partial charge in [0.05, 0.1) is 0 Å². The standard InChI is InChI=1S/C8H12NO/c1-3-4-5-6-7-8-9-10-2/h8H,1,5-7H2,2H3/b9-8+. The number of rotatable bonds is 4. The molecular formula is C8H12NO. The lowest BCUT2D eigenvalue weighted by Crippen LogP contribution is -1.77. The molecule has 0 aromatic carbocycles. The Morgan fingerprint density at radius 2 is 2.50 bits per heavy atom. The molecule has 10 heavy (non-hydrogen) atoms. The molecule has 0 aliphatic rings. The van der Waals surface area contributed by atoms with Crippen molar-refractivity contribution in [2.24, 2.45) is 5.16 Å². The van der Waals surface area contributed by atoms with E-state index in [0.29, 0.717) is 0 Å². The first-order valence-corrected chi connectivity index (χ1v) is 3.21. The van der Waals surface area contributed by atoms with Gasteiger partial charge in [-0.3, -0.25) is 0 Å². The topological polar surface area (TPSA) is 21.6 Å². The van der Waals surface area contributed by atoms with Crippen molar-refractivity contribution in [3.05, 3.63) is 6.92 Å². The molecule has 0 heterocycles. The lowest BCUT2D eigenvalue weighted by Gasteiger charge is -1.86. The van der Waals surface area contributed by atoms with Crippen molar-refractivity contribution in [2.75, 3.05) is 7.11 Å². The van der Waals surface area contributed by atoms with E-state index in [-0.39, 0.29) is 0 Å². The lowest BCUT2D eigenvalue weighted by molar-refractivity contribution is 0.214. The van der Waals surface area contributed by atoms with E-state index in [1.54, 1.807) is 6.21 Å². The minimum Gasteiger partial charge on any atom is -0.399 e. The fourth-order valence-corrected chi connectivity index (χ4v) is 0.497. The Morgan fingerprint density at radius 1 is 1.70 bits per heavy atom. The highest BCUT2D eigenvalue weighted by Crippen LogP contribution is 1.90. The van der Waals surface area contributed by atoms with E-state index in [0.717, 1.165) is 19.3 Å². The molecule has 1 radical (unpaired) electrons. The SMILES string of the molecule is [CH2]C#CCCC/C=N/OC. The van der Waals surface area contributed by atoms with Gasteiger partial charge >= 0.3 is 0 Å². The van der Waals surface area contributed by atoms with Crippen LogP contribution in [-0.4, -0.2) is 13.3 Å². The summed E-state index contributed by atoms with van der Waals surface area (Å²) in [5.74, 6) is 5.44. The molecule has 0 N–H and O–H groups in total. The molecule has 55 valence electrons. The van der Waals surface area contributed by atoms with Crippen molar-refractivity contribution < 1.29 is 4.84 Å². The molecule has 0 amide bonds. The summed E-state index contributed by atoms with van der Waals surface area (Å²) in [6.45, 7) is 3.40. The molecule has 2 heteroatoms. The number of oxime groups is 1. The second kappa shape index (κ2) is 8.03. The van der Waals surface area contributed by atoms with Gasteiger partial charge in [-0.2, -0.15) is 0 Å². The quantitative estimate of drug-likeness (QED) is 0.250. The highest BCUT2D eigenvalue weighted by Gasteiger charge is 1.79. The molecule has 0 aromatic rings. The third kappa shape index (κ3) is 7.03. The summed E-state index contributed by atoms with van der Waals surface area (Å²) in [5.41, 5.74) is 0. The van der Waals surface area contributed by atoms with Gasteiger partial charge in [-0.1, -0.05) is 5.16 Å². The number of nitrogens with zero attached hydrogens (tertiary/aromatic N) is 1. The van der Waals surface area contributed by atoms with Crippen LogP contribution in [0.15, 0.2) is 5.16 Å². The molecule has 0 aliphatic heterocycles. The smallest absolute Gasteiger partial charge is 0.106 e. The predicted molar refractivity (Wildman–Crippen MR) is 42.5 cm³/mol. The Morgan fingerprint density at radius 3 is 3.10 bits per heavy atom. The fraction of sp³-hybridized carbons (Fsp3) is 0.500. The zero-order valence-corrected chi connectivity index (χ0v) is 6.26. The summed E-state index contributed by atoms with van der Waals surface area (Å²) in [5, 5.41) is 3.58. The van der Waals surface area contributed by atoms with Crippen molar-refractivity contribution >= 4 is 6.21 Å². The van der Waals surface area contributed by atoms with Gasteiger partial charge in [-0.15, -0.1) is 11.8 Å². The van der Waals surface area contributed by atoms with Crippen LogP contribution in [0.25, 0.3) is 0 Å². The Labute approximate surface area is 62.3 Å². The highest BCUT2D eigenvalue weighted by atomic mass is 16.6. The van der Waals surface area contributed by atoms with Gasteiger partial charge in [0.25, 0.3) is 0 Å². The third-order valence-corrected chi connectivity index (χ3v) is 0.940. The van der Waals surface area contributed by atoms with Crippen LogP contribution in [0.5, 0.6) is 0 Å². The van der Waals surface area contributed by atoms with Crippen LogP contribution < -0.4 is 0 Å². The summed E-state index contributed by atoms with van der Waals surface area (Å²) in [6.07, 6.45) is 4.57. The summed E-state index contributed by atoms with van der Waals surface area (Å²) in [6, 6.07) is 0. The molecular weight excluding hydrogens is 126 g/mol. The molecule has 0 rings (SSSR count). The first-order valence-electron chi connectivity index (χ1n) is 3.21. The first kappa shape index (κ1) is 9.03. The van der Waals surface area contributed by atoms with Crippen LogP contribution in [0.3, 0.4) is 0 Å². The lowest BCUT2D eigenvalue weighted by atomic mass is 10.2. The number of hydrogen-bond acceptors (Lipinski definition) is 2. The van der Waals surface area contributed by atoms with Crippen LogP contribution in [-0.2, 0) is 4.84 Å². The minimum atomic E-state index is 0.888. The number of hydrogen-bond donors (Lipinski definition) is 0. The largest absolute Gasteiger partial charge is 0.399 e. The first-order chi connectivity index (χ1) is 4.91. The van der Waals surface area contributed by atoms with Crippen LogP contribution in [0.1, 0.15) is 19.3 Å². The van der Waals surface area contributed by atoms with Crippen molar-refractivity contribution in [1.29, 1.82) is 0 Å². The molecule has 0 unspecified atom stereocenters. The highest BCUT2D eigenvalue weighted by molar-refractivity contribution is 5.56. The summed E-state index contributed by atoms with van der Waals surface area (Å²) in [4.78, 5) is 4.47. The zero-order chi connectivity index (χ0) is 7.66. The normalized spacial score (nSPS) is 9.00. The van der Waals surface area contributed by atoms with Crippen molar-refractivity contribution in [2.45, 2.75) is 19.3 Å². The van der Waals surface area contributed by atoms with E-state index >= 15 is 0 Å². The van der Waals surface area contributed by atoms with Crippen LogP contribution in [0.2, 0.25) is 0 Å². The van der Waals surface area contributed by atoms with Gasteiger partial charge in [0.2, 0.25) is 0 Å². The summed E-state index contributed by atoms with van der Waals surface area (Å²) < 4.78 is 0. The molecule has 2 nitrogen and oxygen atoms in total. The summed E-state index contributed by atoms with van der Waals surface area (Å²) in [7, 11) is 1.53. The predicted octanol–water partition coefficient (Wildman–Crippen LogP) is 1.63. The van der Waals surface area contributed by atoms with Gasteiger partial charge in [0, 0.05) is 19.6 Å². The van der Waals surface area contributed by atoms with Gasteiger partial charge in [0.1, 0.15) is 7.11 Å². The van der Waals surface area contributed by atoms with Crippen molar-refractivity contribution in [3.63, 3.8) is 0 Å². The molecule has 0 fully saturated rings. The van der Waals surface area contributed by atoms with Crippen molar-refractivity contribution in [1.82, 2.24) is 0 Å². The minimum absolute atomic E-state index is 0.888. The zero-order valence-electron chi connectivity index (χ0n) is 6.26. The van der Waals surface area contributed by atoms with Gasteiger partial charge in [-0.05, 0) is 12.8 Å². The van der Waals surface area contributed by atoms with Crippen LogP contribution >= 0.6 is 0 Å². The van der Waals surface area contributed by atoms with E-state index < -0.39 is 0 Å². The van der Waals surface area contributed by atoms with E-state index in [9.17, 15) is 0 Å². The Kier molecular flexibility index (Phi) is 7.25. The molecule has 0 spiro atoms. The Bertz CT molecular complexity index is 141.